The van der Waals surface area contributed by atoms with Gasteiger partial charge in [0.1, 0.15) is 17.0 Å². The van der Waals surface area contributed by atoms with Gasteiger partial charge in [-0.1, -0.05) is 109 Å². The number of nitrogens with zero attached hydrogens (tertiary/aromatic N) is 3. The highest BCUT2D eigenvalue weighted by molar-refractivity contribution is 6.10. The SMILES string of the molecule is c1ccc(-c2nc3ccccc3n2-c2ccc(-c3ccc4oc5ccccc5c4c3)cc2-n2c3ccccc3c3ccccc32)cc1. The van der Waals surface area contributed by atoms with Gasteiger partial charge in [-0.05, 0) is 65.7 Å². The fourth-order valence-corrected chi connectivity index (χ4v) is 7.21. The first-order chi connectivity index (χ1) is 23.3. The Kier molecular flexibility index (Phi) is 5.54. The van der Waals surface area contributed by atoms with Crippen molar-refractivity contribution >= 4 is 54.8 Å². The van der Waals surface area contributed by atoms with Crippen molar-refractivity contribution in [1.29, 1.82) is 0 Å². The van der Waals surface area contributed by atoms with E-state index >= 15 is 0 Å². The molecule has 0 saturated heterocycles. The summed E-state index contributed by atoms with van der Waals surface area (Å²) in [6, 6.07) is 57.9. The number of rotatable bonds is 4. The molecule has 0 unspecified atom stereocenters. The second kappa shape index (κ2) is 10.1. The lowest BCUT2D eigenvalue weighted by atomic mass is 10.0. The zero-order valence-corrected chi connectivity index (χ0v) is 25.3. The summed E-state index contributed by atoms with van der Waals surface area (Å²) in [6.45, 7) is 0. The summed E-state index contributed by atoms with van der Waals surface area (Å²) in [6.07, 6.45) is 0. The number of imidazole rings is 1. The fourth-order valence-electron chi connectivity index (χ4n) is 7.21. The monoisotopic (exact) mass is 601 g/mol. The van der Waals surface area contributed by atoms with Gasteiger partial charge in [-0.15, -0.1) is 0 Å². The first-order valence-corrected chi connectivity index (χ1v) is 15.9. The maximum Gasteiger partial charge on any atom is 0.145 e. The third kappa shape index (κ3) is 3.92. The van der Waals surface area contributed by atoms with E-state index in [-0.39, 0.29) is 0 Å². The summed E-state index contributed by atoms with van der Waals surface area (Å²) in [5.41, 5.74) is 11.6. The minimum Gasteiger partial charge on any atom is -0.456 e. The molecule has 0 fully saturated rings. The van der Waals surface area contributed by atoms with Gasteiger partial charge < -0.3 is 8.98 Å². The number of hydrogen-bond donors (Lipinski definition) is 0. The minimum atomic E-state index is 0.895. The minimum absolute atomic E-state index is 0.895. The lowest BCUT2D eigenvalue weighted by molar-refractivity contribution is 0.669. The Balaban J connectivity index is 1.31. The molecule has 0 radical (unpaired) electrons. The quantitative estimate of drug-likeness (QED) is 0.201. The van der Waals surface area contributed by atoms with E-state index < -0.39 is 0 Å². The Bertz CT molecular complexity index is 2750. The summed E-state index contributed by atoms with van der Waals surface area (Å²) in [5.74, 6) is 0.910. The molecule has 0 aliphatic rings. The summed E-state index contributed by atoms with van der Waals surface area (Å²) in [4.78, 5) is 5.19. The molecule has 0 amide bonds. The van der Waals surface area contributed by atoms with Crippen molar-refractivity contribution in [3.8, 4) is 33.9 Å². The molecule has 47 heavy (non-hydrogen) atoms. The summed E-state index contributed by atoms with van der Waals surface area (Å²) >= 11 is 0. The van der Waals surface area contributed by atoms with Crippen LogP contribution in [0.25, 0.3) is 88.7 Å². The van der Waals surface area contributed by atoms with Crippen LogP contribution in [-0.4, -0.2) is 14.1 Å². The Morgan fingerprint density at radius 1 is 0.383 bits per heavy atom. The van der Waals surface area contributed by atoms with Crippen molar-refractivity contribution in [2.75, 3.05) is 0 Å². The zero-order valence-electron chi connectivity index (χ0n) is 25.3. The smallest absolute Gasteiger partial charge is 0.145 e. The van der Waals surface area contributed by atoms with Crippen molar-refractivity contribution in [3.05, 3.63) is 164 Å². The molecule has 0 aliphatic heterocycles. The Hall–Kier alpha value is -6.39. The number of aromatic nitrogens is 3. The third-order valence-electron chi connectivity index (χ3n) is 9.34. The molecule has 0 atom stereocenters. The van der Waals surface area contributed by atoms with Crippen LogP contribution in [0.15, 0.2) is 168 Å². The Morgan fingerprint density at radius 2 is 0.979 bits per heavy atom. The molecular weight excluding hydrogens is 574 g/mol. The van der Waals surface area contributed by atoms with Crippen molar-refractivity contribution < 1.29 is 4.42 Å². The maximum atomic E-state index is 6.17. The van der Waals surface area contributed by atoms with E-state index in [1.807, 2.05) is 12.1 Å². The van der Waals surface area contributed by atoms with Crippen LogP contribution in [0, 0.1) is 0 Å². The molecule has 0 bridgehead atoms. The van der Waals surface area contributed by atoms with Crippen molar-refractivity contribution in [3.63, 3.8) is 0 Å². The van der Waals surface area contributed by atoms with Crippen LogP contribution in [0.2, 0.25) is 0 Å². The van der Waals surface area contributed by atoms with E-state index in [2.05, 4.69) is 161 Å². The van der Waals surface area contributed by atoms with Crippen LogP contribution in [0.3, 0.4) is 0 Å². The van der Waals surface area contributed by atoms with Crippen LogP contribution < -0.4 is 0 Å². The molecule has 3 heterocycles. The summed E-state index contributed by atoms with van der Waals surface area (Å²) in [5, 5.41) is 4.70. The average Bonchev–Trinajstić information content (AvgIpc) is 3.81. The highest BCUT2D eigenvalue weighted by Crippen LogP contribution is 2.40. The van der Waals surface area contributed by atoms with Gasteiger partial charge in [0.25, 0.3) is 0 Å². The number of furan rings is 1. The van der Waals surface area contributed by atoms with Crippen LogP contribution in [0.4, 0.5) is 0 Å². The Morgan fingerprint density at radius 3 is 1.77 bits per heavy atom. The van der Waals surface area contributed by atoms with E-state index in [1.165, 1.54) is 10.8 Å². The van der Waals surface area contributed by atoms with Crippen LogP contribution in [-0.2, 0) is 0 Å². The highest BCUT2D eigenvalue weighted by Gasteiger charge is 2.21. The maximum absolute atomic E-state index is 6.17. The second-order valence-corrected chi connectivity index (χ2v) is 12.0. The van der Waals surface area contributed by atoms with Crippen LogP contribution in [0.5, 0.6) is 0 Å². The number of para-hydroxylation sites is 5. The van der Waals surface area contributed by atoms with Gasteiger partial charge in [-0.3, -0.25) is 4.57 Å². The normalized spacial score (nSPS) is 11.8. The lowest BCUT2D eigenvalue weighted by Crippen LogP contribution is -2.05. The standard InChI is InChI=1S/C43H27N3O/c1-2-12-28(13-3-1)43-44-35-17-7-10-20-38(35)46(43)39-24-22-30(29-23-25-42-34(26-29)33-16-6-11-21-41(33)47-42)27-40(39)45-36-18-8-4-14-31(36)32-15-5-9-19-37(32)45/h1-27H. The number of fused-ring (bicyclic) bond motifs is 7. The molecule has 0 N–H and O–H groups in total. The van der Waals surface area contributed by atoms with E-state index in [4.69, 9.17) is 9.40 Å². The first-order valence-electron chi connectivity index (χ1n) is 15.9. The van der Waals surface area contributed by atoms with Crippen LogP contribution >= 0.6 is 0 Å². The summed E-state index contributed by atoms with van der Waals surface area (Å²) in [7, 11) is 0. The molecule has 4 heteroatoms. The lowest BCUT2D eigenvalue weighted by Gasteiger charge is -2.19. The predicted octanol–water partition coefficient (Wildman–Crippen LogP) is 11.4. The number of benzene rings is 7. The van der Waals surface area contributed by atoms with Gasteiger partial charge in [0, 0.05) is 27.1 Å². The van der Waals surface area contributed by atoms with Gasteiger partial charge in [0.05, 0.1) is 33.4 Å². The van der Waals surface area contributed by atoms with E-state index in [1.54, 1.807) is 0 Å². The van der Waals surface area contributed by atoms with Gasteiger partial charge >= 0.3 is 0 Å². The van der Waals surface area contributed by atoms with Gasteiger partial charge in [-0.2, -0.15) is 0 Å². The third-order valence-corrected chi connectivity index (χ3v) is 9.34. The number of hydrogen-bond acceptors (Lipinski definition) is 2. The van der Waals surface area contributed by atoms with E-state index in [0.29, 0.717) is 0 Å². The van der Waals surface area contributed by atoms with Crippen molar-refractivity contribution in [1.82, 2.24) is 14.1 Å². The molecule has 3 aromatic heterocycles. The molecule has 0 spiro atoms. The van der Waals surface area contributed by atoms with E-state index in [9.17, 15) is 0 Å². The molecule has 0 aliphatic carbocycles. The molecular formula is C43H27N3O. The van der Waals surface area contributed by atoms with Gasteiger partial charge in [0.2, 0.25) is 0 Å². The van der Waals surface area contributed by atoms with Crippen molar-refractivity contribution in [2.24, 2.45) is 0 Å². The van der Waals surface area contributed by atoms with Crippen molar-refractivity contribution in [2.45, 2.75) is 0 Å². The zero-order chi connectivity index (χ0) is 30.9. The largest absolute Gasteiger partial charge is 0.456 e. The highest BCUT2D eigenvalue weighted by atomic mass is 16.3. The molecule has 10 aromatic rings. The fraction of sp³-hybridized carbons (Fsp3) is 0. The topological polar surface area (TPSA) is 35.9 Å². The molecule has 220 valence electrons. The molecule has 4 nitrogen and oxygen atoms in total. The molecule has 7 aromatic carbocycles. The average molecular weight is 602 g/mol. The van der Waals surface area contributed by atoms with Gasteiger partial charge in [-0.25, -0.2) is 4.98 Å². The first kappa shape index (κ1) is 25.9. The molecule has 10 rings (SSSR count). The van der Waals surface area contributed by atoms with Gasteiger partial charge in [0.15, 0.2) is 0 Å². The van der Waals surface area contributed by atoms with Crippen LogP contribution in [0.1, 0.15) is 0 Å². The second-order valence-electron chi connectivity index (χ2n) is 12.0. The van der Waals surface area contributed by atoms with E-state index in [0.717, 1.165) is 77.9 Å². The predicted molar refractivity (Wildman–Crippen MR) is 194 cm³/mol. The summed E-state index contributed by atoms with van der Waals surface area (Å²) < 4.78 is 10.9. The Labute approximate surface area is 270 Å². The molecule has 0 saturated carbocycles.